The molecule has 0 aliphatic rings. The predicted octanol–water partition coefficient (Wildman–Crippen LogP) is 2.38. The SMILES string of the molecule is COc1cccc2c1nc(N)n2C(C)(C)C. The van der Waals surface area contributed by atoms with Crippen LogP contribution in [0.3, 0.4) is 0 Å². The number of fused-ring (bicyclic) bond motifs is 1. The summed E-state index contributed by atoms with van der Waals surface area (Å²) in [7, 11) is 1.64. The maximum absolute atomic E-state index is 5.96. The van der Waals surface area contributed by atoms with Gasteiger partial charge in [0.05, 0.1) is 12.6 Å². The van der Waals surface area contributed by atoms with Crippen molar-refractivity contribution in [3.8, 4) is 5.75 Å². The van der Waals surface area contributed by atoms with Crippen LogP contribution in [0.5, 0.6) is 5.75 Å². The molecule has 2 N–H and O–H groups in total. The molecule has 0 radical (unpaired) electrons. The highest BCUT2D eigenvalue weighted by Gasteiger charge is 2.21. The van der Waals surface area contributed by atoms with E-state index in [-0.39, 0.29) is 5.54 Å². The number of ether oxygens (including phenoxy) is 1. The third kappa shape index (κ3) is 1.50. The Morgan fingerprint density at radius 1 is 1.31 bits per heavy atom. The number of benzene rings is 1. The van der Waals surface area contributed by atoms with E-state index >= 15 is 0 Å². The summed E-state index contributed by atoms with van der Waals surface area (Å²) in [5.74, 6) is 1.28. The van der Waals surface area contributed by atoms with Gasteiger partial charge in [0.2, 0.25) is 5.95 Å². The molecule has 2 rings (SSSR count). The molecule has 0 amide bonds. The fourth-order valence-corrected chi connectivity index (χ4v) is 1.96. The predicted molar refractivity (Wildman–Crippen MR) is 65.7 cm³/mol. The van der Waals surface area contributed by atoms with E-state index < -0.39 is 0 Å². The Hall–Kier alpha value is -1.71. The molecular weight excluding hydrogens is 202 g/mol. The average Bonchev–Trinajstić information content (AvgIpc) is 2.52. The molecule has 0 saturated carbocycles. The maximum atomic E-state index is 5.96. The zero-order valence-corrected chi connectivity index (χ0v) is 10.1. The summed E-state index contributed by atoms with van der Waals surface area (Å²) < 4.78 is 7.30. The van der Waals surface area contributed by atoms with Crippen LogP contribution in [0.25, 0.3) is 11.0 Å². The van der Waals surface area contributed by atoms with Crippen molar-refractivity contribution in [1.29, 1.82) is 0 Å². The van der Waals surface area contributed by atoms with Crippen LogP contribution in [0.4, 0.5) is 5.95 Å². The molecule has 16 heavy (non-hydrogen) atoms. The molecule has 0 bridgehead atoms. The number of hydrogen-bond acceptors (Lipinski definition) is 3. The number of imidazole rings is 1. The van der Waals surface area contributed by atoms with Crippen molar-refractivity contribution in [2.24, 2.45) is 0 Å². The molecule has 2 aromatic rings. The van der Waals surface area contributed by atoms with Crippen molar-refractivity contribution in [3.63, 3.8) is 0 Å². The van der Waals surface area contributed by atoms with Gasteiger partial charge >= 0.3 is 0 Å². The summed E-state index contributed by atoms with van der Waals surface area (Å²) in [6.07, 6.45) is 0. The molecule has 1 heterocycles. The van der Waals surface area contributed by atoms with Crippen molar-refractivity contribution in [2.75, 3.05) is 12.8 Å². The van der Waals surface area contributed by atoms with Crippen LogP contribution < -0.4 is 10.5 Å². The van der Waals surface area contributed by atoms with Gasteiger partial charge in [-0.3, -0.25) is 0 Å². The number of anilines is 1. The second-order valence-electron chi connectivity index (χ2n) is 4.80. The number of nitrogen functional groups attached to an aromatic ring is 1. The van der Waals surface area contributed by atoms with Crippen molar-refractivity contribution in [2.45, 2.75) is 26.3 Å². The molecule has 4 nitrogen and oxygen atoms in total. The van der Waals surface area contributed by atoms with Gasteiger partial charge in [0.25, 0.3) is 0 Å². The monoisotopic (exact) mass is 219 g/mol. The quantitative estimate of drug-likeness (QED) is 0.801. The summed E-state index contributed by atoms with van der Waals surface area (Å²) in [6.45, 7) is 6.30. The molecule has 4 heteroatoms. The third-order valence-corrected chi connectivity index (χ3v) is 2.56. The number of para-hydroxylation sites is 1. The maximum Gasteiger partial charge on any atom is 0.201 e. The van der Waals surface area contributed by atoms with Crippen molar-refractivity contribution in [1.82, 2.24) is 9.55 Å². The highest BCUT2D eigenvalue weighted by molar-refractivity contribution is 5.84. The third-order valence-electron chi connectivity index (χ3n) is 2.56. The normalized spacial score (nSPS) is 12.0. The van der Waals surface area contributed by atoms with Gasteiger partial charge in [0, 0.05) is 5.54 Å². The van der Waals surface area contributed by atoms with Gasteiger partial charge in [-0.1, -0.05) is 6.07 Å². The summed E-state index contributed by atoms with van der Waals surface area (Å²) >= 11 is 0. The van der Waals surface area contributed by atoms with Crippen LogP contribution in [-0.4, -0.2) is 16.7 Å². The smallest absolute Gasteiger partial charge is 0.201 e. The lowest BCUT2D eigenvalue weighted by Gasteiger charge is -2.23. The van der Waals surface area contributed by atoms with Crippen LogP contribution in [0, 0.1) is 0 Å². The minimum atomic E-state index is -0.0921. The zero-order valence-electron chi connectivity index (χ0n) is 10.1. The fourth-order valence-electron chi connectivity index (χ4n) is 1.96. The number of nitrogens with two attached hydrogens (primary N) is 1. The van der Waals surface area contributed by atoms with E-state index in [1.54, 1.807) is 7.11 Å². The molecule has 1 aromatic carbocycles. The number of methoxy groups -OCH3 is 1. The molecule has 0 aliphatic carbocycles. The summed E-state index contributed by atoms with van der Waals surface area (Å²) in [4.78, 5) is 4.37. The number of aromatic nitrogens is 2. The Morgan fingerprint density at radius 3 is 2.56 bits per heavy atom. The highest BCUT2D eigenvalue weighted by Crippen LogP contribution is 2.31. The van der Waals surface area contributed by atoms with E-state index in [0.717, 1.165) is 16.8 Å². The fraction of sp³-hybridized carbons (Fsp3) is 0.417. The molecule has 0 atom stereocenters. The molecule has 0 spiro atoms. The van der Waals surface area contributed by atoms with Crippen LogP contribution >= 0.6 is 0 Å². The standard InChI is InChI=1S/C12H17N3O/c1-12(2,3)15-8-6-5-7-9(16-4)10(8)14-11(15)13/h5-7H,1-4H3,(H2,13,14). The molecule has 0 saturated heterocycles. The van der Waals surface area contributed by atoms with Gasteiger partial charge in [-0.2, -0.15) is 0 Å². The number of rotatable bonds is 1. The molecule has 86 valence electrons. The molecule has 0 aliphatic heterocycles. The minimum Gasteiger partial charge on any atom is -0.494 e. The average molecular weight is 219 g/mol. The summed E-state index contributed by atoms with van der Waals surface area (Å²) in [5, 5.41) is 0. The second-order valence-corrected chi connectivity index (χ2v) is 4.80. The van der Waals surface area contributed by atoms with Crippen LogP contribution in [0.2, 0.25) is 0 Å². The largest absolute Gasteiger partial charge is 0.494 e. The van der Waals surface area contributed by atoms with Crippen molar-refractivity contribution < 1.29 is 4.74 Å². The first-order valence-corrected chi connectivity index (χ1v) is 5.26. The van der Waals surface area contributed by atoms with E-state index in [4.69, 9.17) is 10.5 Å². The number of nitrogens with zero attached hydrogens (tertiary/aromatic N) is 2. The van der Waals surface area contributed by atoms with Crippen LogP contribution in [0.1, 0.15) is 20.8 Å². The van der Waals surface area contributed by atoms with Crippen LogP contribution in [0.15, 0.2) is 18.2 Å². The Labute approximate surface area is 95.0 Å². The van der Waals surface area contributed by atoms with Gasteiger partial charge < -0.3 is 15.0 Å². The first-order valence-electron chi connectivity index (χ1n) is 5.26. The Morgan fingerprint density at radius 2 is 2.00 bits per heavy atom. The van der Waals surface area contributed by atoms with Gasteiger partial charge in [-0.05, 0) is 32.9 Å². The molecule has 0 fully saturated rings. The van der Waals surface area contributed by atoms with E-state index in [2.05, 4.69) is 25.8 Å². The summed E-state index contributed by atoms with van der Waals surface area (Å²) in [6, 6.07) is 5.85. The van der Waals surface area contributed by atoms with E-state index in [1.165, 1.54) is 0 Å². The van der Waals surface area contributed by atoms with E-state index in [1.807, 2.05) is 22.8 Å². The van der Waals surface area contributed by atoms with Crippen molar-refractivity contribution in [3.05, 3.63) is 18.2 Å². The second kappa shape index (κ2) is 3.40. The first-order chi connectivity index (χ1) is 7.45. The van der Waals surface area contributed by atoms with Crippen LogP contribution in [-0.2, 0) is 5.54 Å². The van der Waals surface area contributed by atoms with E-state index in [0.29, 0.717) is 5.95 Å². The van der Waals surface area contributed by atoms with Gasteiger partial charge in [0.15, 0.2) is 0 Å². The lowest BCUT2D eigenvalue weighted by atomic mass is 10.1. The highest BCUT2D eigenvalue weighted by atomic mass is 16.5. The minimum absolute atomic E-state index is 0.0921. The van der Waals surface area contributed by atoms with Gasteiger partial charge in [-0.25, -0.2) is 4.98 Å². The lowest BCUT2D eigenvalue weighted by Crippen LogP contribution is -2.23. The Bertz CT molecular complexity index is 523. The van der Waals surface area contributed by atoms with Gasteiger partial charge in [0.1, 0.15) is 11.3 Å². The topological polar surface area (TPSA) is 53.1 Å². The van der Waals surface area contributed by atoms with Crippen molar-refractivity contribution >= 4 is 17.0 Å². The molecular formula is C12H17N3O. The summed E-state index contributed by atoms with van der Waals surface area (Å²) in [5.41, 5.74) is 7.69. The zero-order chi connectivity index (χ0) is 11.9. The Balaban J connectivity index is 2.81. The lowest BCUT2D eigenvalue weighted by molar-refractivity contribution is 0.413. The first kappa shape index (κ1) is 10.8. The Kier molecular flexibility index (Phi) is 2.30. The van der Waals surface area contributed by atoms with E-state index in [9.17, 15) is 0 Å². The molecule has 0 unspecified atom stereocenters. The molecule has 1 aromatic heterocycles. The number of hydrogen-bond donors (Lipinski definition) is 1. The van der Waals surface area contributed by atoms with Gasteiger partial charge in [-0.15, -0.1) is 0 Å².